The number of nitrogens with one attached hydrogen (secondary N) is 1. The molecule has 154 valence electrons. The van der Waals surface area contributed by atoms with E-state index in [0.717, 1.165) is 42.8 Å². The van der Waals surface area contributed by atoms with Gasteiger partial charge in [-0.15, -0.1) is 0 Å². The largest absolute Gasteiger partial charge is 0.366 e. The van der Waals surface area contributed by atoms with Crippen LogP contribution in [0.2, 0.25) is 5.02 Å². The summed E-state index contributed by atoms with van der Waals surface area (Å²) in [6.07, 6.45) is 6.98. The van der Waals surface area contributed by atoms with E-state index in [-0.39, 0.29) is 30.7 Å². The second kappa shape index (κ2) is 7.54. The smallest absolute Gasteiger partial charge is 0.320 e. The summed E-state index contributed by atoms with van der Waals surface area (Å²) in [5.74, 6) is -0.0956. The lowest BCUT2D eigenvalue weighted by atomic mass is 10.0. The van der Waals surface area contributed by atoms with Gasteiger partial charge in [0.1, 0.15) is 6.61 Å². The van der Waals surface area contributed by atoms with E-state index >= 15 is 0 Å². The molecule has 1 aromatic heterocycles. The topological polar surface area (TPSA) is 66.8 Å². The van der Waals surface area contributed by atoms with E-state index in [1.54, 1.807) is 0 Å². The highest BCUT2D eigenvalue weighted by atomic mass is 35.5. The number of fused-ring (bicyclic) bond motifs is 2. The molecule has 0 spiro atoms. The van der Waals surface area contributed by atoms with Crippen LogP contribution in [0.3, 0.4) is 0 Å². The predicted octanol–water partition coefficient (Wildman–Crippen LogP) is 2.64. The molecular formula is C21H25ClN4O3. The van der Waals surface area contributed by atoms with E-state index in [9.17, 15) is 9.59 Å². The number of urea groups is 1. The number of benzene rings is 1. The van der Waals surface area contributed by atoms with Crippen molar-refractivity contribution in [3.63, 3.8) is 0 Å². The quantitative estimate of drug-likeness (QED) is 0.777. The Kier molecular flexibility index (Phi) is 4.87. The van der Waals surface area contributed by atoms with Crippen LogP contribution in [-0.2, 0) is 9.53 Å². The highest BCUT2D eigenvalue weighted by molar-refractivity contribution is 6.31. The third kappa shape index (κ3) is 3.69. The number of carbonyl (C=O) groups excluding carboxylic acids is 2. The van der Waals surface area contributed by atoms with Crippen molar-refractivity contribution in [3.8, 4) is 0 Å². The summed E-state index contributed by atoms with van der Waals surface area (Å²) in [7, 11) is 0. The highest BCUT2D eigenvalue weighted by Gasteiger charge is 2.38. The lowest BCUT2D eigenvalue weighted by Crippen LogP contribution is -2.62. The van der Waals surface area contributed by atoms with E-state index < -0.39 is 0 Å². The summed E-state index contributed by atoms with van der Waals surface area (Å²) < 4.78 is 7.86. The van der Waals surface area contributed by atoms with Crippen LogP contribution in [-0.4, -0.2) is 71.2 Å². The summed E-state index contributed by atoms with van der Waals surface area (Å²) in [4.78, 5) is 28.4. The molecule has 7 nitrogen and oxygen atoms in total. The first-order valence-electron chi connectivity index (χ1n) is 10.3. The fourth-order valence-electron chi connectivity index (χ4n) is 4.77. The first-order chi connectivity index (χ1) is 14.1. The first-order valence-corrected chi connectivity index (χ1v) is 10.7. The number of likely N-dealkylation sites (tertiary alicyclic amines) is 2. The van der Waals surface area contributed by atoms with Crippen molar-refractivity contribution < 1.29 is 14.3 Å². The number of halogens is 1. The number of morpholine rings is 1. The summed E-state index contributed by atoms with van der Waals surface area (Å²) in [6, 6.07) is 6.32. The molecule has 8 heteroatoms. The molecule has 2 aromatic rings. The molecule has 0 aliphatic carbocycles. The minimum absolute atomic E-state index is 0.0267. The fourth-order valence-corrected chi connectivity index (χ4v) is 4.95. The van der Waals surface area contributed by atoms with Gasteiger partial charge in [0.25, 0.3) is 0 Å². The van der Waals surface area contributed by atoms with Crippen molar-refractivity contribution in [2.75, 3.05) is 32.8 Å². The van der Waals surface area contributed by atoms with Gasteiger partial charge in [-0.3, -0.25) is 4.79 Å². The van der Waals surface area contributed by atoms with Gasteiger partial charge in [0.05, 0.1) is 12.1 Å². The van der Waals surface area contributed by atoms with Crippen LogP contribution in [0.1, 0.15) is 25.3 Å². The van der Waals surface area contributed by atoms with Gasteiger partial charge in [0.2, 0.25) is 5.91 Å². The molecule has 0 radical (unpaired) electrons. The molecule has 2 atom stereocenters. The highest BCUT2D eigenvalue weighted by Crippen LogP contribution is 2.28. The normalized spacial score (nSPS) is 25.8. The Morgan fingerprint density at radius 1 is 1.07 bits per heavy atom. The van der Waals surface area contributed by atoms with Gasteiger partial charge in [-0.1, -0.05) is 17.7 Å². The standard InChI is InChI=1S/C21H25ClN4O3/c22-16-2-1-14-10-26(11-15(14)9-16)17-3-6-24(7-4-17)21(28)25-8-5-19-18(12-25)23-20(27)13-29-19/h1-2,9-11,17-19H,3-8,12-13H2,(H,23,27)/t18-,19+/m1/s1. The van der Waals surface area contributed by atoms with Crippen molar-refractivity contribution in [3.05, 3.63) is 35.6 Å². The molecule has 0 unspecified atom stereocenters. The van der Waals surface area contributed by atoms with Crippen molar-refractivity contribution in [1.82, 2.24) is 19.7 Å². The molecule has 29 heavy (non-hydrogen) atoms. The van der Waals surface area contributed by atoms with Gasteiger partial charge >= 0.3 is 6.03 Å². The van der Waals surface area contributed by atoms with Gasteiger partial charge in [0, 0.05) is 55.0 Å². The second-order valence-corrected chi connectivity index (χ2v) is 8.67. The Morgan fingerprint density at radius 2 is 1.83 bits per heavy atom. The lowest BCUT2D eigenvalue weighted by Gasteiger charge is -2.43. The summed E-state index contributed by atoms with van der Waals surface area (Å²) in [6.45, 7) is 2.82. The number of hydrogen-bond acceptors (Lipinski definition) is 3. The SMILES string of the molecule is O=C1CO[C@H]2CCN(C(=O)N3CCC(n4cc5ccc(Cl)cc5c4)CC3)C[C@H]2N1. The molecule has 3 aliphatic rings. The van der Waals surface area contributed by atoms with Crippen molar-refractivity contribution in [1.29, 1.82) is 0 Å². The number of aromatic nitrogens is 1. The number of hydrogen-bond donors (Lipinski definition) is 1. The van der Waals surface area contributed by atoms with E-state index in [1.165, 1.54) is 5.39 Å². The molecule has 3 amide bonds. The third-order valence-corrected chi connectivity index (χ3v) is 6.61. The van der Waals surface area contributed by atoms with Gasteiger partial charge in [-0.25, -0.2) is 4.79 Å². The Bertz CT molecular complexity index is 937. The zero-order chi connectivity index (χ0) is 20.0. The van der Waals surface area contributed by atoms with Crippen LogP contribution in [0.4, 0.5) is 4.79 Å². The van der Waals surface area contributed by atoms with E-state index in [4.69, 9.17) is 16.3 Å². The number of ether oxygens (including phenoxy) is 1. The number of piperidine rings is 2. The van der Waals surface area contributed by atoms with Crippen LogP contribution in [0, 0.1) is 0 Å². The van der Waals surface area contributed by atoms with Crippen molar-refractivity contribution in [2.24, 2.45) is 0 Å². The van der Waals surface area contributed by atoms with E-state index in [1.807, 2.05) is 28.0 Å². The first kappa shape index (κ1) is 18.8. The Balaban J connectivity index is 1.20. The van der Waals surface area contributed by atoms with Gasteiger partial charge in [-0.05, 0) is 36.8 Å². The summed E-state index contributed by atoms with van der Waals surface area (Å²) in [5, 5.41) is 6.05. The molecule has 1 aromatic carbocycles. The van der Waals surface area contributed by atoms with Crippen molar-refractivity contribution in [2.45, 2.75) is 37.5 Å². The third-order valence-electron chi connectivity index (χ3n) is 6.38. The molecule has 3 saturated heterocycles. The Morgan fingerprint density at radius 3 is 2.66 bits per heavy atom. The predicted molar refractivity (Wildman–Crippen MR) is 110 cm³/mol. The van der Waals surface area contributed by atoms with Gasteiger partial charge in [0.15, 0.2) is 0 Å². The maximum Gasteiger partial charge on any atom is 0.320 e. The maximum atomic E-state index is 13.0. The average molecular weight is 417 g/mol. The number of carbonyl (C=O) groups is 2. The summed E-state index contributed by atoms with van der Waals surface area (Å²) >= 11 is 6.10. The molecule has 5 rings (SSSR count). The van der Waals surface area contributed by atoms with Crippen LogP contribution in [0.15, 0.2) is 30.6 Å². The molecule has 3 aliphatic heterocycles. The molecule has 0 bridgehead atoms. The Hall–Kier alpha value is -2.25. The van der Waals surface area contributed by atoms with Crippen LogP contribution in [0.25, 0.3) is 10.8 Å². The van der Waals surface area contributed by atoms with Gasteiger partial charge < -0.3 is 24.4 Å². The number of nitrogens with zero attached hydrogens (tertiary/aromatic N) is 3. The van der Waals surface area contributed by atoms with Crippen LogP contribution >= 0.6 is 11.6 Å². The van der Waals surface area contributed by atoms with Crippen LogP contribution < -0.4 is 5.32 Å². The monoisotopic (exact) mass is 416 g/mol. The molecule has 0 saturated carbocycles. The molecule has 1 N–H and O–H groups in total. The van der Waals surface area contributed by atoms with Crippen molar-refractivity contribution >= 4 is 34.3 Å². The van der Waals surface area contributed by atoms with Gasteiger partial charge in [-0.2, -0.15) is 0 Å². The van der Waals surface area contributed by atoms with Crippen LogP contribution in [0.5, 0.6) is 0 Å². The molecule has 4 heterocycles. The zero-order valence-electron chi connectivity index (χ0n) is 16.2. The Labute approximate surface area is 174 Å². The molecule has 3 fully saturated rings. The summed E-state index contributed by atoms with van der Waals surface area (Å²) in [5.41, 5.74) is 0. The van der Waals surface area contributed by atoms with E-state index in [0.29, 0.717) is 19.1 Å². The molecular weight excluding hydrogens is 392 g/mol. The second-order valence-electron chi connectivity index (χ2n) is 8.24. The average Bonchev–Trinajstić information content (AvgIpc) is 3.16. The number of amides is 3. The lowest BCUT2D eigenvalue weighted by molar-refractivity contribution is -0.139. The minimum Gasteiger partial charge on any atom is -0.366 e. The zero-order valence-corrected chi connectivity index (χ0v) is 17.0. The fraction of sp³-hybridized carbons (Fsp3) is 0.524. The van der Waals surface area contributed by atoms with E-state index in [2.05, 4.69) is 22.3 Å². The maximum absolute atomic E-state index is 13.0. The minimum atomic E-state index is -0.0956. The number of rotatable bonds is 1.